The van der Waals surface area contributed by atoms with E-state index < -0.39 is 11.9 Å². The smallest absolute Gasteiger partial charge is 0.331 e. The van der Waals surface area contributed by atoms with Crippen molar-refractivity contribution in [1.82, 2.24) is 0 Å². The molecule has 0 N–H and O–H groups in total. The molecule has 188 valence electrons. The van der Waals surface area contributed by atoms with Crippen molar-refractivity contribution in [2.45, 2.75) is 83.8 Å². The quantitative estimate of drug-likeness (QED) is 0.105. The van der Waals surface area contributed by atoms with Gasteiger partial charge in [0.2, 0.25) is 0 Å². The van der Waals surface area contributed by atoms with Gasteiger partial charge in [-0.3, -0.25) is 0 Å². The van der Waals surface area contributed by atoms with Gasteiger partial charge in [-0.25, -0.2) is 9.59 Å². The summed E-state index contributed by atoms with van der Waals surface area (Å²) in [6.45, 7) is 15.3. The molecular weight excluding hydrogens is 497 g/mol. The second-order valence-corrected chi connectivity index (χ2v) is 11.5. The van der Waals surface area contributed by atoms with Gasteiger partial charge in [-0.1, -0.05) is 75.1 Å². The van der Waals surface area contributed by atoms with Crippen LogP contribution in [0.2, 0.25) is 0 Å². The number of esters is 2. The third-order valence-corrected chi connectivity index (χ3v) is 8.52. The van der Waals surface area contributed by atoms with E-state index in [-0.39, 0.29) is 10.9 Å². The molecule has 0 aromatic heterocycles. The summed E-state index contributed by atoms with van der Waals surface area (Å²) in [6.07, 6.45) is 5.85. The van der Waals surface area contributed by atoms with Gasteiger partial charge in [0.15, 0.2) is 10.9 Å². The van der Waals surface area contributed by atoms with Gasteiger partial charge in [0.1, 0.15) is 0 Å². The summed E-state index contributed by atoms with van der Waals surface area (Å²) >= 11 is 4.85. The lowest BCUT2D eigenvalue weighted by atomic mass is 10.2. The Bertz CT molecular complexity index is 953. The Morgan fingerprint density at radius 2 is 1.20 bits per heavy atom. The molecule has 7 heteroatoms. The Balaban J connectivity index is 2.08. The van der Waals surface area contributed by atoms with Crippen LogP contribution in [0.4, 0.5) is 0 Å². The second kappa shape index (κ2) is 15.1. The summed E-state index contributed by atoms with van der Waals surface area (Å²) in [5, 5.41) is 0. The SMILES string of the molecule is C=CC(=O)OC(CCC)Sc1ccc(Sc2ccc(SC(CCC)OC(=O)C=C)c(C)c2)cc1C. The van der Waals surface area contributed by atoms with Crippen LogP contribution in [0.5, 0.6) is 0 Å². The van der Waals surface area contributed by atoms with Gasteiger partial charge in [0, 0.05) is 31.7 Å². The highest BCUT2D eigenvalue weighted by Crippen LogP contribution is 2.37. The Hall–Kier alpha value is -2.09. The number of thioether (sulfide) groups is 2. The highest BCUT2D eigenvalue weighted by Gasteiger charge is 2.17. The molecule has 0 saturated carbocycles. The molecule has 0 aliphatic heterocycles. The summed E-state index contributed by atoms with van der Waals surface area (Å²) in [6, 6.07) is 12.7. The minimum atomic E-state index is -0.391. The van der Waals surface area contributed by atoms with Gasteiger partial charge >= 0.3 is 11.9 Å². The first-order valence-electron chi connectivity index (χ1n) is 11.7. The van der Waals surface area contributed by atoms with Crippen molar-refractivity contribution in [1.29, 1.82) is 0 Å². The fourth-order valence-electron chi connectivity index (χ4n) is 3.17. The fraction of sp³-hybridized carbons (Fsp3) is 0.357. The minimum absolute atomic E-state index is 0.224. The van der Waals surface area contributed by atoms with E-state index in [0.717, 1.165) is 56.4 Å². The van der Waals surface area contributed by atoms with Gasteiger partial charge in [-0.15, -0.1) is 0 Å². The highest BCUT2D eigenvalue weighted by molar-refractivity contribution is 8.00. The maximum Gasteiger partial charge on any atom is 0.331 e. The number of aryl methyl sites for hydroxylation is 2. The van der Waals surface area contributed by atoms with E-state index in [1.165, 1.54) is 12.2 Å². The van der Waals surface area contributed by atoms with E-state index in [0.29, 0.717) is 0 Å². The van der Waals surface area contributed by atoms with Crippen molar-refractivity contribution in [2.75, 3.05) is 0 Å². The van der Waals surface area contributed by atoms with E-state index >= 15 is 0 Å². The van der Waals surface area contributed by atoms with Crippen LogP contribution in [-0.4, -0.2) is 22.8 Å². The van der Waals surface area contributed by atoms with E-state index in [1.54, 1.807) is 35.3 Å². The van der Waals surface area contributed by atoms with Crippen LogP contribution in [0.25, 0.3) is 0 Å². The lowest BCUT2D eigenvalue weighted by molar-refractivity contribution is -0.140. The fourth-order valence-corrected chi connectivity index (χ4v) is 6.52. The van der Waals surface area contributed by atoms with Crippen molar-refractivity contribution in [2.24, 2.45) is 0 Å². The molecule has 2 unspecified atom stereocenters. The van der Waals surface area contributed by atoms with E-state index in [1.807, 2.05) is 0 Å². The molecule has 0 aliphatic rings. The van der Waals surface area contributed by atoms with Crippen LogP contribution in [0.15, 0.2) is 81.3 Å². The molecular formula is C28H34O4S3. The highest BCUT2D eigenvalue weighted by atomic mass is 32.2. The zero-order valence-electron chi connectivity index (χ0n) is 20.9. The predicted octanol–water partition coefficient (Wildman–Crippen LogP) is 8.35. The first-order chi connectivity index (χ1) is 16.8. The van der Waals surface area contributed by atoms with Crippen LogP contribution in [0.1, 0.15) is 50.7 Å². The molecule has 0 spiro atoms. The van der Waals surface area contributed by atoms with Crippen molar-refractivity contribution < 1.29 is 19.1 Å². The number of ether oxygens (including phenoxy) is 2. The molecule has 2 rings (SSSR count). The van der Waals surface area contributed by atoms with Crippen molar-refractivity contribution in [3.63, 3.8) is 0 Å². The maximum atomic E-state index is 11.6. The summed E-state index contributed by atoms with van der Waals surface area (Å²) in [4.78, 5) is 27.8. The van der Waals surface area contributed by atoms with Gasteiger partial charge in [0.25, 0.3) is 0 Å². The molecule has 0 fully saturated rings. The summed E-state index contributed by atoms with van der Waals surface area (Å²) in [7, 11) is 0. The average Bonchev–Trinajstić information content (AvgIpc) is 2.82. The van der Waals surface area contributed by atoms with E-state index in [9.17, 15) is 9.59 Å². The predicted molar refractivity (Wildman–Crippen MR) is 148 cm³/mol. The number of carbonyl (C=O) groups is 2. The largest absolute Gasteiger partial charge is 0.448 e. The number of benzene rings is 2. The molecule has 2 atom stereocenters. The summed E-state index contributed by atoms with van der Waals surface area (Å²) < 4.78 is 11.0. The van der Waals surface area contributed by atoms with Crippen LogP contribution < -0.4 is 0 Å². The molecule has 2 aromatic rings. The van der Waals surface area contributed by atoms with Gasteiger partial charge in [-0.05, 0) is 74.2 Å². The van der Waals surface area contributed by atoms with E-state index in [4.69, 9.17) is 9.47 Å². The first kappa shape index (κ1) is 29.1. The van der Waals surface area contributed by atoms with Crippen LogP contribution in [0.3, 0.4) is 0 Å². The Morgan fingerprint density at radius 3 is 1.51 bits per heavy atom. The molecule has 2 aromatic carbocycles. The zero-order chi connectivity index (χ0) is 25.8. The van der Waals surface area contributed by atoms with Crippen molar-refractivity contribution in [3.8, 4) is 0 Å². The van der Waals surface area contributed by atoms with Gasteiger partial charge in [0.05, 0.1) is 0 Å². The van der Waals surface area contributed by atoms with Gasteiger partial charge < -0.3 is 9.47 Å². The number of carbonyl (C=O) groups excluding carboxylic acids is 2. The molecule has 0 radical (unpaired) electrons. The summed E-state index contributed by atoms with van der Waals surface area (Å²) in [5.74, 6) is -0.782. The first-order valence-corrected chi connectivity index (χ1v) is 14.3. The molecule has 0 heterocycles. The summed E-state index contributed by atoms with van der Waals surface area (Å²) in [5.41, 5.74) is 1.84. The average molecular weight is 531 g/mol. The topological polar surface area (TPSA) is 52.6 Å². The number of hydrogen-bond acceptors (Lipinski definition) is 7. The Morgan fingerprint density at radius 1 is 0.800 bits per heavy atom. The molecule has 0 aliphatic carbocycles. The van der Waals surface area contributed by atoms with E-state index in [2.05, 4.69) is 77.3 Å². The molecule has 35 heavy (non-hydrogen) atoms. The third kappa shape index (κ3) is 9.82. The standard InChI is InChI=1S/C28H34O4S3/c1-7-11-27(31-25(29)9-3)34-23-15-13-21(17-19(23)5)33-22-14-16-24(20(6)18-22)35-28(12-8-2)32-26(30)10-4/h9-10,13-18,27-28H,3-4,7-8,11-12H2,1-2,5-6H3. The monoisotopic (exact) mass is 530 g/mol. The minimum Gasteiger partial charge on any atom is -0.448 e. The molecule has 0 bridgehead atoms. The van der Waals surface area contributed by atoms with Crippen LogP contribution in [-0.2, 0) is 19.1 Å². The normalized spacial score (nSPS) is 12.5. The van der Waals surface area contributed by atoms with Crippen molar-refractivity contribution in [3.05, 3.63) is 72.8 Å². The Labute approximate surface area is 222 Å². The van der Waals surface area contributed by atoms with Crippen LogP contribution in [0, 0.1) is 13.8 Å². The molecule has 0 saturated heterocycles. The lowest BCUT2D eigenvalue weighted by Crippen LogP contribution is -2.13. The molecule has 0 amide bonds. The zero-order valence-corrected chi connectivity index (χ0v) is 23.3. The number of hydrogen-bond donors (Lipinski definition) is 0. The second-order valence-electron chi connectivity index (χ2n) is 7.91. The van der Waals surface area contributed by atoms with Crippen molar-refractivity contribution >= 4 is 47.2 Å². The number of rotatable bonds is 14. The Kier molecular flexibility index (Phi) is 12.6. The third-order valence-electron chi connectivity index (χ3n) is 4.92. The van der Waals surface area contributed by atoms with Crippen LogP contribution >= 0.6 is 35.3 Å². The maximum absolute atomic E-state index is 11.6. The molecule has 4 nitrogen and oxygen atoms in total. The lowest BCUT2D eigenvalue weighted by Gasteiger charge is -2.18. The van der Waals surface area contributed by atoms with Gasteiger partial charge in [-0.2, -0.15) is 0 Å².